The molecule has 3 N–H and O–H groups in total. The summed E-state index contributed by atoms with van der Waals surface area (Å²) >= 11 is 1.30. The van der Waals surface area contributed by atoms with Crippen LogP contribution in [0, 0.1) is 13.8 Å². The molecular weight excluding hydrogens is 362 g/mol. The van der Waals surface area contributed by atoms with Crippen molar-refractivity contribution in [1.82, 2.24) is 30.0 Å². The first-order chi connectivity index (χ1) is 13.0. The van der Waals surface area contributed by atoms with Crippen LogP contribution in [0.15, 0.2) is 41.6 Å². The standard InChI is InChI=1S/C18H23N7OS/c1-4-15(16(26)20-11-14-8-6-5-7-9-14)27-18-22-21-17(24(18)19)25-13(3)10-12(2)23-25/h5-10,15H,4,11,19H2,1-3H3,(H,20,26). The quantitative estimate of drug-likeness (QED) is 0.476. The number of carbonyl (C=O) groups is 1. The highest BCUT2D eigenvalue weighted by atomic mass is 32.2. The van der Waals surface area contributed by atoms with Gasteiger partial charge >= 0.3 is 0 Å². The van der Waals surface area contributed by atoms with Gasteiger partial charge in [0.2, 0.25) is 11.1 Å². The monoisotopic (exact) mass is 385 g/mol. The summed E-state index contributed by atoms with van der Waals surface area (Å²) in [6.07, 6.45) is 0.646. The molecule has 3 aromatic rings. The van der Waals surface area contributed by atoms with Crippen molar-refractivity contribution in [2.75, 3.05) is 5.84 Å². The van der Waals surface area contributed by atoms with Crippen LogP contribution < -0.4 is 11.2 Å². The van der Waals surface area contributed by atoms with Crippen LogP contribution in [-0.2, 0) is 11.3 Å². The molecule has 0 saturated carbocycles. The van der Waals surface area contributed by atoms with Gasteiger partial charge in [-0.05, 0) is 31.9 Å². The van der Waals surface area contributed by atoms with Gasteiger partial charge in [0.25, 0.3) is 5.95 Å². The molecule has 9 heteroatoms. The normalized spacial score (nSPS) is 12.1. The Bertz CT molecular complexity index is 919. The van der Waals surface area contributed by atoms with E-state index in [9.17, 15) is 4.79 Å². The summed E-state index contributed by atoms with van der Waals surface area (Å²) in [7, 11) is 0. The molecule has 0 fully saturated rings. The van der Waals surface area contributed by atoms with Gasteiger partial charge in [0.15, 0.2) is 0 Å². The molecule has 1 atom stereocenters. The summed E-state index contributed by atoms with van der Waals surface area (Å²) in [5, 5.41) is 15.8. The van der Waals surface area contributed by atoms with Crippen LogP contribution in [0.4, 0.5) is 0 Å². The fourth-order valence-corrected chi connectivity index (χ4v) is 3.57. The number of rotatable bonds is 7. The lowest BCUT2D eigenvalue weighted by Crippen LogP contribution is -2.32. The molecule has 0 radical (unpaired) electrons. The van der Waals surface area contributed by atoms with Crippen molar-refractivity contribution in [3.05, 3.63) is 53.3 Å². The molecule has 2 heterocycles. The van der Waals surface area contributed by atoms with Gasteiger partial charge in [0.05, 0.1) is 10.9 Å². The highest BCUT2D eigenvalue weighted by molar-refractivity contribution is 8.00. The van der Waals surface area contributed by atoms with Crippen LogP contribution in [-0.4, -0.2) is 35.8 Å². The molecule has 0 saturated heterocycles. The van der Waals surface area contributed by atoms with Crippen molar-refractivity contribution in [1.29, 1.82) is 0 Å². The molecule has 0 bridgehead atoms. The fourth-order valence-electron chi connectivity index (χ4n) is 2.67. The molecule has 27 heavy (non-hydrogen) atoms. The van der Waals surface area contributed by atoms with E-state index in [0.717, 1.165) is 17.0 Å². The fraction of sp³-hybridized carbons (Fsp3) is 0.333. The molecular formula is C18H23N7OS. The second kappa shape index (κ2) is 8.26. The second-order valence-electron chi connectivity index (χ2n) is 6.21. The zero-order valence-electron chi connectivity index (χ0n) is 15.6. The van der Waals surface area contributed by atoms with Gasteiger partial charge in [-0.25, -0.2) is 9.36 Å². The number of nitrogen functional groups attached to an aromatic ring is 1. The molecule has 8 nitrogen and oxygen atoms in total. The number of aryl methyl sites for hydroxylation is 2. The number of nitrogens with zero attached hydrogens (tertiary/aromatic N) is 5. The van der Waals surface area contributed by atoms with E-state index in [0.29, 0.717) is 24.1 Å². The van der Waals surface area contributed by atoms with Crippen molar-refractivity contribution in [3.8, 4) is 5.95 Å². The average molecular weight is 385 g/mol. The number of carbonyl (C=O) groups excluding carboxylic acids is 1. The summed E-state index contributed by atoms with van der Waals surface area (Å²) < 4.78 is 3.01. The van der Waals surface area contributed by atoms with Gasteiger partial charge in [0.1, 0.15) is 0 Å². The van der Waals surface area contributed by atoms with E-state index in [-0.39, 0.29) is 11.2 Å². The second-order valence-corrected chi connectivity index (χ2v) is 7.38. The van der Waals surface area contributed by atoms with Gasteiger partial charge in [-0.1, -0.05) is 49.0 Å². The maximum Gasteiger partial charge on any atom is 0.271 e. The number of nitrogens with one attached hydrogen (secondary N) is 1. The lowest BCUT2D eigenvalue weighted by molar-refractivity contribution is -0.120. The van der Waals surface area contributed by atoms with Crippen molar-refractivity contribution < 1.29 is 4.79 Å². The maximum absolute atomic E-state index is 12.5. The van der Waals surface area contributed by atoms with Crippen molar-refractivity contribution in [3.63, 3.8) is 0 Å². The third-order valence-electron chi connectivity index (χ3n) is 4.07. The summed E-state index contributed by atoms with van der Waals surface area (Å²) in [4.78, 5) is 12.5. The number of hydrogen-bond donors (Lipinski definition) is 2. The van der Waals surface area contributed by atoms with E-state index >= 15 is 0 Å². The maximum atomic E-state index is 12.5. The topological polar surface area (TPSA) is 104 Å². The molecule has 0 spiro atoms. The Morgan fingerprint density at radius 2 is 2.00 bits per heavy atom. The Kier molecular flexibility index (Phi) is 5.80. The zero-order valence-corrected chi connectivity index (χ0v) is 16.4. The molecule has 1 aromatic carbocycles. The number of thioether (sulfide) groups is 1. The van der Waals surface area contributed by atoms with Gasteiger partial charge in [-0.2, -0.15) is 5.10 Å². The third-order valence-corrected chi connectivity index (χ3v) is 5.39. The van der Waals surface area contributed by atoms with Crippen molar-refractivity contribution in [2.24, 2.45) is 0 Å². The van der Waals surface area contributed by atoms with E-state index < -0.39 is 0 Å². The minimum Gasteiger partial charge on any atom is -0.351 e. The molecule has 1 unspecified atom stereocenters. The first-order valence-electron chi connectivity index (χ1n) is 8.72. The van der Waals surface area contributed by atoms with Crippen LogP contribution in [0.1, 0.15) is 30.3 Å². The van der Waals surface area contributed by atoms with Gasteiger partial charge < -0.3 is 11.2 Å². The number of amides is 1. The first-order valence-corrected chi connectivity index (χ1v) is 9.60. The van der Waals surface area contributed by atoms with Gasteiger partial charge in [0, 0.05) is 12.2 Å². The molecule has 0 aliphatic heterocycles. The lowest BCUT2D eigenvalue weighted by Gasteiger charge is -2.14. The minimum absolute atomic E-state index is 0.0537. The molecule has 2 aromatic heterocycles. The van der Waals surface area contributed by atoms with Crippen LogP contribution >= 0.6 is 11.8 Å². The lowest BCUT2D eigenvalue weighted by atomic mass is 10.2. The number of benzene rings is 1. The minimum atomic E-state index is -0.312. The Labute approximate surface area is 162 Å². The molecule has 0 aliphatic carbocycles. The van der Waals surface area contributed by atoms with Gasteiger partial charge in [-0.3, -0.25) is 4.79 Å². The summed E-state index contributed by atoms with van der Waals surface area (Å²) in [5.41, 5.74) is 2.84. The van der Waals surface area contributed by atoms with E-state index in [1.807, 2.05) is 57.2 Å². The highest BCUT2D eigenvalue weighted by Gasteiger charge is 2.23. The predicted molar refractivity (Wildman–Crippen MR) is 105 cm³/mol. The Balaban J connectivity index is 1.69. The van der Waals surface area contributed by atoms with Crippen LogP contribution in [0.3, 0.4) is 0 Å². The van der Waals surface area contributed by atoms with E-state index in [1.165, 1.54) is 16.4 Å². The SMILES string of the molecule is CCC(Sc1nnc(-n2nc(C)cc2C)n1N)C(=O)NCc1ccccc1. The van der Waals surface area contributed by atoms with E-state index in [4.69, 9.17) is 5.84 Å². The van der Waals surface area contributed by atoms with Gasteiger partial charge in [-0.15, -0.1) is 10.2 Å². The highest BCUT2D eigenvalue weighted by Crippen LogP contribution is 2.24. The molecule has 142 valence electrons. The Morgan fingerprint density at radius 3 is 2.63 bits per heavy atom. The smallest absolute Gasteiger partial charge is 0.271 e. The Morgan fingerprint density at radius 1 is 1.26 bits per heavy atom. The number of aromatic nitrogens is 5. The molecule has 3 rings (SSSR count). The van der Waals surface area contributed by atoms with Crippen LogP contribution in [0.25, 0.3) is 5.95 Å². The Hall–Kier alpha value is -2.81. The summed E-state index contributed by atoms with van der Waals surface area (Å²) in [5.74, 6) is 6.53. The van der Waals surface area contributed by atoms with E-state index in [1.54, 1.807) is 4.68 Å². The average Bonchev–Trinajstić information content (AvgIpc) is 3.19. The zero-order chi connectivity index (χ0) is 19.4. The van der Waals surface area contributed by atoms with Crippen molar-refractivity contribution in [2.45, 2.75) is 44.1 Å². The molecule has 0 aliphatic rings. The third kappa shape index (κ3) is 4.30. The van der Waals surface area contributed by atoms with Crippen LogP contribution in [0.2, 0.25) is 0 Å². The summed E-state index contributed by atoms with van der Waals surface area (Å²) in [6.45, 7) is 6.27. The van der Waals surface area contributed by atoms with Crippen LogP contribution in [0.5, 0.6) is 0 Å². The van der Waals surface area contributed by atoms with Crippen molar-refractivity contribution >= 4 is 17.7 Å². The molecule has 1 amide bonds. The first kappa shape index (κ1) is 19.0. The van der Waals surface area contributed by atoms with E-state index in [2.05, 4.69) is 20.6 Å². The largest absolute Gasteiger partial charge is 0.351 e. The number of hydrogen-bond acceptors (Lipinski definition) is 6. The summed E-state index contributed by atoms with van der Waals surface area (Å²) in [6, 6.07) is 11.7. The predicted octanol–water partition coefficient (Wildman–Crippen LogP) is 1.98. The number of nitrogens with two attached hydrogens (primary N) is 1.